The Morgan fingerprint density at radius 1 is 1.11 bits per heavy atom. The Balaban J connectivity index is 1.43. The van der Waals surface area contributed by atoms with Gasteiger partial charge in [-0.3, -0.25) is 19.5 Å². The molecule has 2 heterocycles. The third-order valence-electron chi connectivity index (χ3n) is 4.45. The lowest BCUT2D eigenvalue weighted by atomic mass is 10.1. The number of rotatable bonds is 8. The Hall–Kier alpha value is -3.22. The van der Waals surface area contributed by atoms with Gasteiger partial charge in [0.25, 0.3) is 5.91 Å². The van der Waals surface area contributed by atoms with Gasteiger partial charge >= 0.3 is 6.03 Å². The average molecular weight is 366 g/mol. The Morgan fingerprint density at radius 3 is 2.63 bits per heavy atom. The van der Waals surface area contributed by atoms with E-state index >= 15 is 0 Å². The van der Waals surface area contributed by atoms with Gasteiger partial charge in [-0.05, 0) is 30.0 Å². The lowest BCUT2D eigenvalue weighted by Gasteiger charge is -2.13. The fourth-order valence-corrected chi connectivity index (χ4v) is 2.94. The van der Waals surface area contributed by atoms with Crippen LogP contribution in [0.1, 0.15) is 24.0 Å². The number of carbonyl (C=O) groups excluding carboxylic acids is 3. The van der Waals surface area contributed by atoms with Crippen LogP contribution in [0.2, 0.25) is 0 Å². The minimum absolute atomic E-state index is 0.163. The number of urea groups is 1. The molecule has 0 spiro atoms. The molecule has 2 aromatic rings. The van der Waals surface area contributed by atoms with Gasteiger partial charge in [-0.25, -0.2) is 4.79 Å². The Morgan fingerprint density at radius 2 is 1.89 bits per heavy atom. The van der Waals surface area contributed by atoms with E-state index in [-0.39, 0.29) is 24.7 Å². The van der Waals surface area contributed by atoms with Gasteiger partial charge in [0.05, 0.1) is 0 Å². The van der Waals surface area contributed by atoms with Crippen LogP contribution in [0.5, 0.6) is 0 Å². The number of pyridine rings is 1. The SMILES string of the molecule is O=C(CC[C@H]1NC(=O)N(CCc2ccccc2)C1=O)NCc1cccnc1. The van der Waals surface area contributed by atoms with Gasteiger partial charge in [-0.2, -0.15) is 0 Å². The highest BCUT2D eigenvalue weighted by atomic mass is 16.2. The molecule has 1 aromatic heterocycles. The minimum Gasteiger partial charge on any atom is -0.352 e. The van der Waals surface area contributed by atoms with E-state index in [2.05, 4.69) is 15.6 Å². The number of aromatic nitrogens is 1. The molecule has 4 amide bonds. The van der Waals surface area contributed by atoms with Crippen LogP contribution in [0.25, 0.3) is 0 Å². The summed E-state index contributed by atoms with van der Waals surface area (Å²) in [6, 6.07) is 12.3. The molecule has 1 atom stereocenters. The monoisotopic (exact) mass is 366 g/mol. The van der Waals surface area contributed by atoms with Gasteiger partial charge in [0.15, 0.2) is 0 Å². The summed E-state index contributed by atoms with van der Waals surface area (Å²) in [6.45, 7) is 0.721. The van der Waals surface area contributed by atoms with Crippen molar-refractivity contribution in [2.24, 2.45) is 0 Å². The zero-order valence-corrected chi connectivity index (χ0v) is 14.9. The first kappa shape index (κ1) is 18.6. The van der Waals surface area contributed by atoms with Gasteiger partial charge in [-0.15, -0.1) is 0 Å². The maximum atomic E-state index is 12.4. The quantitative estimate of drug-likeness (QED) is 0.695. The van der Waals surface area contributed by atoms with Crippen molar-refractivity contribution in [2.75, 3.05) is 6.54 Å². The molecular formula is C20H22N4O3. The Bertz CT molecular complexity index is 795. The van der Waals surface area contributed by atoms with Gasteiger partial charge in [0.1, 0.15) is 6.04 Å². The zero-order chi connectivity index (χ0) is 19.1. The number of hydrogen-bond acceptors (Lipinski definition) is 4. The van der Waals surface area contributed by atoms with Crippen LogP contribution >= 0.6 is 0 Å². The molecule has 2 N–H and O–H groups in total. The molecule has 0 saturated carbocycles. The second kappa shape index (κ2) is 8.93. The van der Waals surface area contributed by atoms with E-state index in [0.29, 0.717) is 19.5 Å². The summed E-state index contributed by atoms with van der Waals surface area (Å²) >= 11 is 0. The molecule has 0 aliphatic carbocycles. The Labute approximate surface area is 157 Å². The van der Waals surface area contributed by atoms with Gasteiger partial charge < -0.3 is 10.6 Å². The molecule has 140 valence electrons. The molecule has 7 nitrogen and oxygen atoms in total. The standard InChI is InChI=1S/C20H22N4O3/c25-18(22-14-16-7-4-11-21-13-16)9-8-17-19(26)24(20(27)23-17)12-10-15-5-2-1-3-6-15/h1-7,11,13,17H,8-10,12,14H2,(H,22,25)(H,23,27)/t17-/m1/s1. The molecule has 7 heteroatoms. The zero-order valence-electron chi connectivity index (χ0n) is 14.9. The van der Waals surface area contributed by atoms with Crippen molar-refractivity contribution < 1.29 is 14.4 Å². The largest absolute Gasteiger partial charge is 0.352 e. The molecular weight excluding hydrogens is 344 g/mol. The van der Waals surface area contributed by atoms with Crippen LogP contribution in [-0.2, 0) is 22.6 Å². The number of carbonyl (C=O) groups is 3. The molecule has 0 radical (unpaired) electrons. The Kier molecular flexibility index (Phi) is 6.14. The molecule has 27 heavy (non-hydrogen) atoms. The number of imide groups is 1. The maximum absolute atomic E-state index is 12.4. The van der Waals surface area contributed by atoms with E-state index in [9.17, 15) is 14.4 Å². The molecule has 3 rings (SSSR count). The van der Waals surface area contributed by atoms with Crippen molar-refractivity contribution in [1.82, 2.24) is 20.5 Å². The predicted octanol–water partition coefficient (Wildman–Crippen LogP) is 1.64. The average Bonchev–Trinajstić information content (AvgIpc) is 2.97. The highest BCUT2D eigenvalue weighted by Gasteiger charge is 2.37. The summed E-state index contributed by atoms with van der Waals surface area (Å²) in [6.07, 6.45) is 4.42. The van der Waals surface area contributed by atoms with E-state index in [1.165, 1.54) is 4.90 Å². The first-order valence-electron chi connectivity index (χ1n) is 8.95. The predicted molar refractivity (Wildman–Crippen MR) is 99.5 cm³/mol. The second-order valence-electron chi connectivity index (χ2n) is 6.40. The van der Waals surface area contributed by atoms with E-state index in [0.717, 1.165) is 11.1 Å². The molecule has 0 bridgehead atoms. The van der Waals surface area contributed by atoms with Crippen molar-refractivity contribution in [3.05, 3.63) is 66.0 Å². The molecule has 1 saturated heterocycles. The van der Waals surface area contributed by atoms with Crippen LogP contribution in [0.4, 0.5) is 4.79 Å². The van der Waals surface area contributed by atoms with E-state index in [1.807, 2.05) is 36.4 Å². The van der Waals surface area contributed by atoms with Crippen molar-refractivity contribution in [3.63, 3.8) is 0 Å². The smallest absolute Gasteiger partial charge is 0.324 e. The summed E-state index contributed by atoms with van der Waals surface area (Å²) in [4.78, 5) is 41.7. The van der Waals surface area contributed by atoms with Crippen LogP contribution in [-0.4, -0.2) is 40.3 Å². The molecule has 1 aliphatic heterocycles. The summed E-state index contributed by atoms with van der Waals surface area (Å²) in [5, 5.41) is 5.46. The highest BCUT2D eigenvalue weighted by Crippen LogP contribution is 2.13. The number of nitrogens with one attached hydrogen (secondary N) is 2. The topological polar surface area (TPSA) is 91.4 Å². The number of benzene rings is 1. The normalized spacial score (nSPS) is 16.3. The van der Waals surface area contributed by atoms with Crippen molar-refractivity contribution in [2.45, 2.75) is 31.8 Å². The van der Waals surface area contributed by atoms with E-state index in [4.69, 9.17) is 0 Å². The summed E-state index contributed by atoms with van der Waals surface area (Å²) in [7, 11) is 0. The van der Waals surface area contributed by atoms with Gasteiger partial charge in [-0.1, -0.05) is 36.4 Å². The van der Waals surface area contributed by atoms with Crippen LogP contribution in [0, 0.1) is 0 Å². The van der Waals surface area contributed by atoms with Crippen LogP contribution in [0.15, 0.2) is 54.9 Å². The van der Waals surface area contributed by atoms with Crippen molar-refractivity contribution >= 4 is 17.8 Å². The van der Waals surface area contributed by atoms with Crippen LogP contribution < -0.4 is 10.6 Å². The molecule has 0 unspecified atom stereocenters. The highest BCUT2D eigenvalue weighted by molar-refractivity contribution is 6.04. The summed E-state index contributed by atoms with van der Waals surface area (Å²) in [5.74, 6) is -0.431. The minimum atomic E-state index is -0.641. The fraction of sp³-hybridized carbons (Fsp3) is 0.300. The fourth-order valence-electron chi connectivity index (χ4n) is 2.94. The van der Waals surface area contributed by atoms with E-state index < -0.39 is 12.1 Å². The summed E-state index contributed by atoms with van der Waals surface area (Å²) < 4.78 is 0. The first-order valence-corrected chi connectivity index (χ1v) is 8.95. The van der Waals surface area contributed by atoms with E-state index in [1.54, 1.807) is 18.5 Å². The molecule has 1 aromatic carbocycles. The number of nitrogens with zero attached hydrogens (tertiary/aromatic N) is 2. The molecule has 1 fully saturated rings. The first-order chi connectivity index (χ1) is 13.1. The maximum Gasteiger partial charge on any atom is 0.324 e. The molecule has 1 aliphatic rings. The number of hydrogen-bond donors (Lipinski definition) is 2. The second-order valence-corrected chi connectivity index (χ2v) is 6.40. The van der Waals surface area contributed by atoms with Gasteiger partial charge in [0, 0.05) is 31.9 Å². The lowest BCUT2D eigenvalue weighted by Crippen LogP contribution is -2.34. The van der Waals surface area contributed by atoms with Crippen LogP contribution in [0.3, 0.4) is 0 Å². The van der Waals surface area contributed by atoms with Gasteiger partial charge in [0.2, 0.25) is 5.91 Å². The van der Waals surface area contributed by atoms with Crippen molar-refractivity contribution in [1.29, 1.82) is 0 Å². The third-order valence-corrected chi connectivity index (χ3v) is 4.45. The lowest BCUT2D eigenvalue weighted by molar-refractivity contribution is -0.127. The van der Waals surface area contributed by atoms with Crippen molar-refractivity contribution in [3.8, 4) is 0 Å². The summed E-state index contributed by atoms with van der Waals surface area (Å²) in [5.41, 5.74) is 1.97. The third kappa shape index (κ3) is 5.13. The number of amides is 4.